The van der Waals surface area contributed by atoms with Crippen LogP contribution in [0.25, 0.3) is 0 Å². The minimum Gasteiger partial charge on any atom is -0.454 e. The molecule has 1 N–H and O–H groups in total. The third-order valence-corrected chi connectivity index (χ3v) is 6.63. The summed E-state index contributed by atoms with van der Waals surface area (Å²) in [5.74, 6) is -1.30. The molecule has 0 aromatic heterocycles. The molecular weight excluding hydrogens is 362 g/mol. The van der Waals surface area contributed by atoms with Crippen LogP contribution in [0.5, 0.6) is 0 Å². The molecule has 3 fully saturated rings. The Morgan fingerprint density at radius 2 is 1.75 bits per heavy atom. The van der Waals surface area contributed by atoms with E-state index in [2.05, 4.69) is 5.32 Å². The second-order valence-corrected chi connectivity index (χ2v) is 8.53. The molecule has 4 amide bonds. The van der Waals surface area contributed by atoms with Gasteiger partial charge in [0.2, 0.25) is 0 Å². The van der Waals surface area contributed by atoms with Crippen LogP contribution in [-0.2, 0) is 19.1 Å². The van der Waals surface area contributed by atoms with Gasteiger partial charge in [-0.05, 0) is 51.9 Å². The van der Waals surface area contributed by atoms with E-state index in [0.29, 0.717) is 6.42 Å². The first-order valence-electron chi connectivity index (χ1n) is 10.4. The Labute approximate surface area is 165 Å². The zero-order valence-corrected chi connectivity index (χ0v) is 17.0. The van der Waals surface area contributed by atoms with E-state index < -0.39 is 24.1 Å². The molecule has 1 aliphatic carbocycles. The van der Waals surface area contributed by atoms with Gasteiger partial charge >= 0.3 is 12.0 Å². The van der Waals surface area contributed by atoms with Crippen LogP contribution in [0.15, 0.2) is 0 Å². The standard InChI is InChI=1S/C20H31N3O5/c1-13-7-4-5-10-20(13)18(26)22(19(27)21-20)11-17(25)28-12-16(24)23-14(2)8-6-9-15(23)3/h13-15H,4-12H2,1-3H3,(H,21,27). The Hall–Kier alpha value is -2.12. The van der Waals surface area contributed by atoms with Gasteiger partial charge in [-0.3, -0.25) is 19.3 Å². The van der Waals surface area contributed by atoms with Crippen LogP contribution >= 0.6 is 0 Å². The van der Waals surface area contributed by atoms with E-state index in [-0.39, 0.29) is 36.4 Å². The van der Waals surface area contributed by atoms with Crippen molar-refractivity contribution in [2.24, 2.45) is 5.92 Å². The number of nitrogens with zero attached hydrogens (tertiary/aromatic N) is 2. The van der Waals surface area contributed by atoms with E-state index in [0.717, 1.165) is 43.4 Å². The molecule has 3 rings (SSSR count). The molecule has 0 radical (unpaired) electrons. The van der Waals surface area contributed by atoms with Crippen molar-refractivity contribution in [2.75, 3.05) is 13.2 Å². The molecule has 8 heteroatoms. The lowest BCUT2D eigenvalue weighted by Crippen LogP contribution is -2.54. The molecule has 4 atom stereocenters. The SMILES string of the molecule is CC1CCCC(C)N1C(=O)COC(=O)CN1C(=O)NC2(CCCCC2C)C1=O. The first-order valence-corrected chi connectivity index (χ1v) is 10.4. The molecule has 0 aromatic carbocycles. The van der Waals surface area contributed by atoms with Crippen molar-refractivity contribution in [3.63, 3.8) is 0 Å². The summed E-state index contributed by atoms with van der Waals surface area (Å²) in [5, 5.41) is 2.81. The maximum atomic E-state index is 12.9. The molecule has 0 bridgehead atoms. The summed E-state index contributed by atoms with van der Waals surface area (Å²) < 4.78 is 5.11. The fourth-order valence-electron chi connectivity index (χ4n) is 4.94. The molecule has 28 heavy (non-hydrogen) atoms. The molecule has 2 saturated heterocycles. The summed E-state index contributed by atoms with van der Waals surface area (Å²) in [6, 6.07) is -0.317. The summed E-state index contributed by atoms with van der Waals surface area (Å²) in [6.45, 7) is 5.12. The molecule has 0 aromatic rings. The number of urea groups is 1. The average molecular weight is 393 g/mol. The van der Waals surface area contributed by atoms with Crippen molar-refractivity contribution in [3.8, 4) is 0 Å². The number of likely N-dealkylation sites (tertiary alicyclic amines) is 1. The highest BCUT2D eigenvalue weighted by atomic mass is 16.5. The van der Waals surface area contributed by atoms with Gasteiger partial charge in [-0.25, -0.2) is 4.79 Å². The molecule has 4 unspecified atom stereocenters. The molecule has 3 aliphatic rings. The summed E-state index contributed by atoms with van der Waals surface area (Å²) in [4.78, 5) is 52.6. The Morgan fingerprint density at radius 1 is 1.07 bits per heavy atom. The van der Waals surface area contributed by atoms with Gasteiger partial charge in [0, 0.05) is 12.1 Å². The summed E-state index contributed by atoms with van der Waals surface area (Å²) in [5.41, 5.74) is -0.899. The predicted molar refractivity (Wildman–Crippen MR) is 101 cm³/mol. The van der Waals surface area contributed by atoms with Gasteiger partial charge in [0.1, 0.15) is 12.1 Å². The largest absolute Gasteiger partial charge is 0.454 e. The fraction of sp³-hybridized carbons (Fsp3) is 0.800. The number of imide groups is 1. The first kappa shape index (κ1) is 20.6. The maximum absolute atomic E-state index is 12.9. The lowest BCUT2D eigenvalue weighted by Gasteiger charge is -2.38. The lowest BCUT2D eigenvalue weighted by atomic mass is 9.73. The van der Waals surface area contributed by atoms with Crippen molar-refractivity contribution < 1.29 is 23.9 Å². The Balaban J connectivity index is 1.55. The van der Waals surface area contributed by atoms with Gasteiger partial charge in [0.15, 0.2) is 6.61 Å². The zero-order chi connectivity index (χ0) is 20.5. The van der Waals surface area contributed by atoms with Gasteiger partial charge in [-0.2, -0.15) is 0 Å². The normalized spacial score (nSPS) is 33.2. The number of hydrogen-bond donors (Lipinski definition) is 1. The number of nitrogens with one attached hydrogen (secondary N) is 1. The van der Waals surface area contributed by atoms with Crippen LogP contribution in [0.3, 0.4) is 0 Å². The molecule has 2 aliphatic heterocycles. The summed E-state index contributed by atoms with van der Waals surface area (Å²) in [6.07, 6.45) is 6.31. The highest BCUT2D eigenvalue weighted by molar-refractivity contribution is 6.09. The van der Waals surface area contributed by atoms with E-state index in [1.54, 1.807) is 4.90 Å². The molecule has 1 saturated carbocycles. The van der Waals surface area contributed by atoms with Crippen LogP contribution in [0.2, 0.25) is 0 Å². The third kappa shape index (κ3) is 3.73. The molecule has 1 spiro atoms. The fourth-order valence-corrected chi connectivity index (χ4v) is 4.94. The maximum Gasteiger partial charge on any atom is 0.326 e. The third-order valence-electron chi connectivity index (χ3n) is 6.63. The van der Waals surface area contributed by atoms with Crippen LogP contribution in [-0.4, -0.2) is 64.4 Å². The Morgan fingerprint density at radius 3 is 2.39 bits per heavy atom. The topological polar surface area (TPSA) is 96.0 Å². The number of piperidine rings is 1. The van der Waals surface area contributed by atoms with Gasteiger partial charge < -0.3 is 15.0 Å². The number of esters is 1. The van der Waals surface area contributed by atoms with Crippen LogP contribution in [0.4, 0.5) is 4.79 Å². The average Bonchev–Trinajstić information content (AvgIpc) is 2.87. The second kappa shape index (κ2) is 8.09. The highest BCUT2D eigenvalue weighted by Gasteiger charge is 2.55. The Bertz CT molecular complexity index is 656. The van der Waals surface area contributed by atoms with Crippen molar-refractivity contribution in [3.05, 3.63) is 0 Å². The van der Waals surface area contributed by atoms with Gasteiger partial charge in [-0.15, -0.1) is 0 Å². The molecule has 156 valence electrons. The van der Waals surface area contributed by atoms with Gasteiger partial charge in [0.25, 0.3) is 11.8 Å². The van der Waals surface area contributed by atoms with E-state index in [1.807, 2.05) is 20.8 Å². The number of carbonyl (C=O) groups is 4. The Kier molecular flexibility index (Phi) is 5.95. The molecule has 2 heterocycles. The van der Waals surface area contributed by atoms with Crippen LogP contribution in [0.1, 0.15) is 65.7 Å². The monoisotopic (exact) mass is 393 g/mol. The van der Waals surface area contributed by atoms with E-state index in [1.165, 1.54) is 0 Å². The first-order chi connectivity index (χ1) is 13.3. The lowest BCUT2D eigenvalue weighted by molar-refractivity contribution is -0.156. The van der Waals surface area contributed by atoms with Crippen LogP contribution in [0, 0.1) is 5.92 Å². The van der Waals surface area contributed by atoms with Crippen molar-refractivity contribution >= 4 is 23.8 Å². The molecular formula is C20H31N3O5. The van der Waals surface area contributed by atoms with Crippen molar-refractivity contribution in [2.45, 2.75) is 83.3 Å². The van der Waals surface area contributed by atoms with Gasteiger partial charge in [-0.1, -0.05) is 19.8 Å². The predicted octanol–water partition coefficient (Wildman–Crippen LogP) is 1.82. The minimum atomic E-state index is -0.899. The van der Waals surface area contributed by atoms with E-state index in [4.69, 9.17) is 4.74 Å². The number of ether oxygens (including phenoxy) is 1. The van der Waals surface area contributed by atoms with Crippen LogP contribution < -0.4 is 5.32 Å². The number of hydrogen-bond acceptors (Lipinski definition) is 5. The second-order valence-electron chi connectivity index (χ2n) is 8.53. The number of carbonyl (C=O) groups excluding carboxylic acids is 4. The van der Waals surface area contributed by atoms with Crippen molar-refractivity contribution in [1.29, 1.82) is 0 Å². The summed E-state index contributed by atoms with van der Waals surface area (Å²) in [7, 11) is 0. The number of amides is 4. The quantitative estimate of drug-likeness (QED) is 0.581. The highest BCUT2D eigenvalue weighted by Crippen LogP contribution is 2.38. The minimum absolute atomic E-state index is 0.0300. The smallest absolute Gasteiger partial charge is 0.326 e. The van der Waals surface area contributed by atoms with Gasteiger partial charge in [0.05, 0.1) is 0 Å². The zero-order valence-electron chi connectivity index (χ0n) is 17.0. The van der Waals surface area contributed by atoms with E-state index >= 15 is 0 Å². The van der Waals surface area contributed by atoms with Crippen molar-refractivity contribution in [1.82, 2.24) is 15.1 Å². The molecule has 8 nitrogen and oxygen atoms in total. The van der Waals surface area contributed by atoms with E-state index in [9.17, 15) is 19.2 Å². The number of rotatable bonds is 4. The summed E-state index contributed by atoms with van der Waals surface area (Å²) >= 11 is 0.